The van der Waals surface area contributed by atoms with Crippen LogP contribution in [0.25, 0.3) is 0 Å². The minimum Gasteiger partial charge on any atom is -0.383 e. The highest BCUT2D eigenvalue weighted by Gasteiger charge is 2.25. The lowest BCUT2D eigenvalue weighted by Crippen LogP contribution is -2.44. The Balaban J connectivity index is 1.96. The van der Waals surface area contributed by atoms with Crippen molar-refractivity contribution in [3.05, 3.63) is 86.3 Å². The molecule has 33 heavy (non-hydrogen) atoms. The molecule has 3 rings (SSSR count). The first-order chi connectivity index (χ1) is 15.7. The van der Waals surface area contributed by atoms with Crippen LogP contribution in [0.2, 0.25) is 0 Å². The Morgan fingerprint density at radius 1 is 1.18 bits per heavy atom. The molecule has 1 amide bonds. The molecule has 0 radical (unpaired) electrons. The molecule has 3 aromatic rings. The van der Waals surface area contributed by atoms with Crippen molar-refractivity contribution in [2.75, 3.05) is 29.0 Å². The van der Waals surface area contributed by atoms with Crippen molar-refractivity contribution < 1.29 is 9.18 Å². The van der Waals surface area contributed by atoms with E-state index in [-0.39, 0.29) is 37.1 Å². The largest absolute Gasteiger partial charge is 0.383 e. The topological polar surface area (TPSA) is 113 Å². The molecule has 0 spiro atoms. The number of H-pyrrole nitrogens is 1. The first-order valence-corrected chi connectivity index (χ1v) is 10.6. The number of aromatic nitrogens is 2. The molecular formula is C24H28FN5O3. The summed E-state index contributed by atoms with van der Waals surface area (Å²) in [6.07, 6.45) is 0. The summed E-state index contributed by atoms with van der Waals surface area (Å²) in [6.45, 7) is 5.75. The van der Waals surface area contributed by atoms with Gasteiger partial charge in [-0.1, -0.05) is 50.2 Å². The van der Waals surface area contributed by atoms with Gasteiger partial charge >= 0.3 is 5.69 Å². The van der Waals surface area contributed by atoms with Crippen molar-refractivity contribution >= 4 is 23.1 Å². The summed E-state index contributed by atoms with van der Waals surface area (Å²) in [5.74, 6) is -0.945. The fourth-order valence-corrected chi connectivity index (χ4v) is 3.50. The highest BCUT2D eigenvalue weighted by atomic mass is 19.1. The molecule has 1 aromatic heterocycles. The second-order valence-electron chi connectivity index (χ2n) is 8.28. The molecule has 0 bridgehead atoms. The number of aryl methyl sites for hydroxylation is 1. The predicted molar refractivity (Wildman–Crippen MR) is 128 cm³/mol. The quantitative estimate of drug-likeness (QED) is 0.485. The van der Waals surface area contributed by atoms with Gasteiger partial charge in [0.1, 0.15) is 11.6 Å². The number of rotatable bonds is 8. The van der Waals surface area contributed by atoms with Crippen LogP contribution in [0, 0.1) is 18.7 Å². The third-order valence-electron chi connectivity index (χ3n) is 5.15. The van der Waals surface area contributed by atoms with Crippen LogP contribution in [0.1, 0.15) is 25.0 Å². The summed E-state index contributed by atoms with van der Waals surface area (Å²) in [7, 11) is 0. The number of carbonyl (C=O) groups excluding carboxylic acids is 1. The Morgan fingerprint density at radius 3 is 2.55 bits per heavy atom. The van der Waals surface area contributed by atoms with Crippen LogP contribution < -0.4 is 27.2 Å². The van der Waals surface area contributed by atoms with Gasteiger partial charge in [-0.05, 0) is 36.1 Å². The van der Waals surface area contributed by atoms with E-state index in [1.807, 2.05) is 44.2 Å². The van der Waals surface area contributed by atoms with E-state index < -0.39 is 23.0 Å². The van der Waals surface area contributed by atoms with Crippen molar-refractivity contribution in [2.45, 2.75) is 27.3 Å². The van der Waals surface area contributed by atoms with E-state index in [1.54, 1.807) is 13.0 Å². The Morgan fingerprint density at radius 2 is 1.88 bits per heavy atom. The van der Waals surface area contributed by atoms with Gasteiger partial charge in [-0.15, -0.1) is 0 Å². The van der Waals surface area contributed by atoms with Crippen LogP contribution in [0.15, 0.2) is 58.1 Å². The van der Waals surface area contributed by atoms with Crippen molar-refractivity contribution in [3.8, 4) is 0 Å². The van der Waals surface area contributed by atoms with Crippen LogP contribution in [0.5, 0.6) is 0 Å². The highest BCUT2D eigenvalue weighted by Crippen LogP contribution is 2.20. The summed E-state index contributed by atoms with van der Waals surface area (Å²) >= 11 is 0. The zero-order valence-corrected chi connectivity index (χ0v) is 18.9. The van der Waals surface area contributed by atoms with Crippen molar-refractivity contribution in [2.24, 2.45) is 5.92 Å². The van der Waals surface area contributed by atoms with Crippen molar-refractivity contribution in [3.63, 3.8) is 0 Å². The molecule has 0 saturated carbocycles. The second kappa shape index (κ2) is 10.2. The fourth-order valence-electron chi connectivity index (χ4n) is 3.50. The lowest BCUT2D eigenvalue weighted by molar-refractivity contribution is -0.117. The number of nitrogens with zero attached hydrogens (tertiary/aromatic N) is 2. The number of benzene rings is 2. The summed E-state index contributed by atoms with van der Waals surface area (Å²) in [5.41, 5.74) is 6.86. The summed E-state index contributed by atoms with van der Waals surface area (Å²) < 4.78 is 14.8. The first-order valence-electron chi connectivity index (χ1n) is 10.6. The number of halogens is 1. The molecule has 8 nitrogen and oxygen atoms in total. The number of aromatic amines is 1. The van der Waals surface area contributed by atoms with E-state index in [9.17, 15) is 18.8 Å². The summed E-state index contributed by atoms with van der Waals surface area (Å²) in [5, 5.41) is 2.93. The van der Waals surface area contributed by atoms with E-state index >= 15 is 0 Å². The molecule has 0 atom stereocenters. The van der Waals surface area contributed by atoms with Gasteiger partial charge in [-0.2, -0.15) is 0 Å². The molecule has 0 saturated heterocycles. The van der Waals surface area contributed by atoms with Gasteiger partial charge in [-0.3, -0.25) is 19.1 Å². The normalized spacial score (nSPS) is 10.9. The van der Waals surface area contributed by atoms with Gasteiger partial charge in [0.2, 0.25) is 5.91 Å². The molecule has 174 valence electrons. The molecule has 0 unspecified atom stereocenters. The standard InChI is InChI=1S/C24H28FN5O3/c1-15(2)13-29(20(31)12-27-19-11-18(25)10-9-16(19)3)21-22(26)30(24(33)28-23(21)32)14-17-7-5-4-6-8-17/h4-11,15,27H,12-14,26H2,1-3H3,(H,28,32,33). The molecule has 0 aliphatic carbocycles. The maximum atomic E-state index is 13.6. The monoisotopic (exact) mass is 453 g/mol. The Labute approximate surface area is 190 Å². The van der Waals surface area contributed by atoms with Crippen LogP contribution in [-0.2, 0) is 11.3 Å². The van der Waals surface area contributed by atoms with Gasteiger partial charge in [0, 0.05) is 12.2 Å². The van der Waals surface area contributed by atoms with Gasteiger partial charge in [0.25, 0.3) is 5.56 Å². The highest BCUT2D eigenvalue weighted by molar-refractivity contribution is 5.98. The van der Waals surface area contributed by atoms with E-state index in [1.165, 1.54) is 21.6 Å². The molecule has 0 aliphatic rings. The molecule has 2 aromatic carbocycles. The van der Waals surface area contributed by atoms with Gasteiger partial charge in [0.15, 0.2) is 5.69 Å². The minimum absolute atomic E-state index is 0.0122. The maximum absolute atomic E-state index is 13.6. The average molecular weight is 454 g/mol. The van der Waals surface area contributed by atoms with Crippen LogP contribution >= 0.6 is 0 Å². The lowest BCUT2D eigenvalue weighted by atomic mass is 10.1. The SMILES string of the molecule is Cc1ccc(F)cc1NCC(=O)N(CC(C)C)c1c(N)n(Cc2ccccc2)c(=O)[nH]c1=O. The number of amides is 1. The van der Waals surface area contributed by atoms with Crippen molar-refractivity contribution in [1.82, 2.24) is 9.55 Å². The molecule has 9 heteroatoms. The molecule has 0 aliphatic heterocycles. The van der Waals surface area contributed by atoms with E-state index in [0.717, 1.165) is 11.1 Å². The summed E-state index contributed by atoms with van der Waals surface area (Å²) in [6, 6.07) is 13.4. The number of hydrogen-bond donors (Lipinski definition) is 3. The fraction of sp³-hybridized carbons (Fsp3) is 0.292. The predicted octanol–water partition coefficient (Wildman–Crippen LogP) is 2.72. The van der Waals surface area contributed by atoms with Gasteiger partial charge < -0.3 is 16.0 Å². The third kappa shape index (κ3) is 5.68. The Kier molecular flexibility index (Phi) is 7.32. The number of hydrogen-bond acceptors (Lipinski definition) is 5. The van der Waals surface area contributed by atoms with Gasteiger partial charge in [-0.25, -0.2) is 9.18 Å². The molecular weight excluding hydrogens is 425 g/mol. The first kappa shape index (κ1) is 23.8. The smallest absolute Gasteiger partial charge is 0.330 e. The lowest BCUT2D eigenvalue weighted by Gasteiger charge is -2.26. The molecule has 0 fully saturated rings. The van der Waals surface area contributed by atoms with E-state index in [0.29, 0.717) is 5.69 Å². The number of carbonyl (C=O) groups is 1. The number of anilines is 3. The molecule has 1 heterocycles. The van der Waals surface area contributed by atoms with Crippen LogP contribution in [0.3, 0.4) is 0 Å². The number of nitrogens with one attached hydrogen (secondary N) is 2. The Bertz CT molecular complexity index is 1250. The molecule has 4 N–H and O–H groups in total. The summed E-state index contributed by atoms with van der Waals surface area (Å²) in [4.78, 5) is 42.0. The number of nitrogens with two attached hydrogens (primary N) is 1. The Hall–Kier alpha value is -3.88. The third-order valence-corrected chi connectivity index (χ3v) is 5.15. The maximum Gasteiger partial charge on any atom is 0.330 e. The van der Waals surface area contributed by atoms with E-state index in [4.69, 9.17) is 5.73 Å². The average Bonchev–Trinajstić information content (AvgIpc) is 2.76. The second-order valence-corrected chi connectivity index (χ2v) is 8.28. The number of nitrogen functional groups attached to an aromatic ring is 1. The van der Waals surface area contributed by atoms with Crippen LogP contribution in [-0.4, -0.2) is 28.5 Å². The zero-order chi connectivity index (χ0) is 24.1. The van der Waals surface area contributed by atoms with E-state index in [2.05, 4.69) is 10.3 Å². The van der Waals surface area contributed by atoms with Gasteiger partial charge in [0.05, 0.1) is 13.1 Å². The van der Waals surface area contributed by atoms with Crippen molar-refractivity contribution in [1.29, 1.82) is 0 Å². The zero-order valence-electron chi connectivity index (χ0n) is 18.9. The minimum atomic E-state index is -0.738. The van der Waals surface area contributed by atoms with Crippen LogP contribution in [0.4, 0.5) is 21.6 Å².